The van der Waals surface area contributed by atoms with Gasteiger partial charge in [-0.15, -0.1) is 0 Å². The molecule has 1 aromatic heterocycles. The summed E-state index contributed by atoms with van der Waals surface area (Å²) in [6, 6.07) is 8.52. The van der Waals surface area contributed by atoms with Crippen LogP contribution in [0.25, 0.3) is 0 Å². The molecule has 1 aromatic carbocycles. The summed E-state index contributed by atoms with van der Waals surface area (Å²) in [6.07, 6.45) is -4.49. The Bertz CT molecular complexity index is 614. The van der Waals surface area contributed by atoms with Gasteiger partial charge in [-0.3, -0.25) is 0 Å². The van der Waals surface area contributed by atoms with Crippen molar-refractivity contribution in [1.82, 2.24) is 4.98 Å². The zero-order valence-corrected chi connectivity index (χ0v) is 11.2. The second-order valence-electron chi connectivity index (χ2n) is 3.97. The lowest BCUT2D eigenvalue weighted by atomic mass is 10.1. The monoisotopic (exact) mass is 301 g/mol. The zero-order chi connectivity index (χ0) is 14.8. The van der Waals surface area contributed by atoms with Gasteiger partial charge in [-0.2, -0.15) is 13.2 Å². The molecule has 2 N–H and O–H groups in total. The van der Waals surface area contributed by atoms with Crippen LogP contribution in [0.3, 0.4) is 0 Å². The molecule has 0 unspecified atom stereocenters. The van der Waals surface area contributed by atoms with Crippen LogP contribution in [0.2, 0.25) is 5.02 Å². The number of pyridine rings is 1. The first kappa shape index (κ1) is 14.5. The third-order valence-electron chi connectivity index (χ3n) is 2.55. The van der Waals surface area contributed by atoms with Crippen molar-refractivity contribution >= 4 is 28.9 Å². The van der Waals surface area contributed by atoms with E-state index in [1.54, 1.807) is 25.2 Å². The number of hydrogen-bond acceptors (Lipinski definition) is 3. The summed E-state index contributed by atoms with van der Waals surface area (Å²) in [4.78, 5) is 4.11. The molecule has 0 aliphatic carbocycles. The molecule has 0 aliphatic heterocycles. The molecule has 20 heavy (non-hydrogen) atoms. The van der Waals surface area contributed by atoms with Gasteiger partial charge in [0.05, 0.1) is 11.3 Å². The molecule has 7 heteroatoms. The number of nitrogens with one attached hydrogen (secondary N) is 2. The van der Waals surface area contributed by atoms with E-state index < -0.39 is 11.7 Å². The minimum Gasteiger partial charge on any atom is -0.373 e. The second kappa shape index (κ2) is 5.58. The van der Waals surface area contributed by atoms with Crippen molar-refractivity contribution in [3.05, 3.63) is 47.0 Å². The van der Waals surface area contributed by atoms with E-state index in [2.05, 4.69) is 15.6 Å². The number of alkyl halides is 3. The van der Waals surface area contributed by atoms with Crippen molar-refractivity contribution < 1.29 is 13.2 Å². The van der Waals surface area contributed by atoms with Gasteiger partial charge in [0.25, 0.3) is 0 Å². The molecule has 3 nitrogen and oxygen atoms in total. The van der Waals surface area contributed by atoms with E-state index in [-0.39, 0.29) is 10.7 Å². The molecule has 0 spiro atoms. The summed E-state index contributed by atoms with van der Waals surface area (Å²) < 4.78 is 38.8. The van der Waals surface area contributed by atoms with Crippen LogP contribution in [0.4, 0.5) is 30.5 Å². The summed E-state index contributed by atoms with van der Waals surface area (Å²) in [6.45, 7) is 0. The van der Waals surface area contributed by atoms with Gasteiger partial charge < -0.3 is 10.6 Å². The Kier molecular flexibility index (Phi) is 4.04. The third-order valence-corrected chi connectivity index (χ3v) is 2.79. The average Bonchev–Trinajstić information content (AvgIpc) is 2.40. The van der Waals surface area contributed by atoms with E-state index in [0.717, 1.165) is 6.07 Å². The molecular formula is C13H11ClF3N3. The maximum Gasteiger partial charge on any atom is 0.418 e. The van der Waals surface area contributed by atoms with Crippen LogP contribution in [0.5, 0.6) is 0 Å². The Balaban J connectivity index is 2.38. The molecule has 0 saturated carbocycles. The molecule has 0 atom stereocenters. The smallest absolute Gasteiger partial charge is 0.373 e. The van der Waals surface area contributed by atoms with Crippen LogP contribution in [0, 0.1) is 0 Å². The number of benzene rings is 1. The predicted molar refractivity (Wildman–Crippen MR) is 73.5 cm³/mol. The highest BCUT2D eigenvalue weighted by Crippen LogP contribution is 2.37. The van der Waals surface area contributed by atoms with Crippen LogP contribution in [0.15, 0.2) is 36.4 Å². The van der Waals surface area contributed by atoms with Gasteiger partial charge in [0.15, 0.2) is 0 Å². The van der Waals surface area contributed by atoms with E-state index in [1.807, 2.05) is 0 Å². The fourth-order valence-corrected chi connectivity index (χ4v) is 1.81. The highest BCUT2D eigenvalue weighted by molar-refractivity contribution is 6.30. The number of anilines is 3. The molecule has 106 valence electrons. The highest BCUT2D eigenvalue weighted by Gasteiger charge is 2.33. The van der Waals surface area contributed by atoms with Crippen LogP contribution in [0.1, 0.15) is 5.56 Å². The molecule has 2 aromatic rings. The Morgan fingerprint density at radius 2 is 1.80 bits per heavy atom. The van der Waals surface area contributed by atoms with Crippen LogP contribution >= 0.6 is 11.6 Å². The Hall–Kier alpha value is -1.95. The number of halogens is 4. The average molecular weight is 302 g/mol. The first-order valence-electron chi connectivity index (χ1n) is 5.69. The summed E-state index contributed by atoms with van der Waals surface area (Å²) in [5.74, 6) is 0.863. The van der Waals surface area contributed by atoms with Gasteiger partial charge in [-0.1, -0.05) is 17.7 Å². The van der Waals surface area contributed by atoms with Crippen molar-refractivity contribution in [2.45, 2.75) is 6.18 Å². The number of aromatic nitrogens is 1. The molecule has 0 bridgehead atoms. The minimum absolute atomic E-state index is 0.0276. The van der Waals surface area contributed by atoms with Gasteiger partial charge in [-0.25, -0.2) is 4.98 Å². The van der Waals surface area contributed by atoms with E-state index >= 15 is 0 Å². The fraction of sp³-hybridized carbons (Fsp3) is 0.154. The van der Waals surface area contributed by atoms with Crippen molar-refractivity contribution in [2.24, 2.45) is 0 Å². The summed E-state index contributed by atoms with van der Waals surface area (Å²) >= 11 is 5.62. The molecule has 0 saturated heterocycles. The molecule has 0 amide bonds. The molecule has 0 radical (unpaired) electrons. The molecule has 1 heterocycles. The van der Waals surface area contributed by atoms with Crippen LogP contribution < -0.4 is 10.6 Å². The Labute approximate surface area is 118 Å². The van der Waals surface area contributed by atoms with Crippen molar-refractivity contribution in [3.63, 3.8) is 0 Å². The highest BCUT2D eigenvalue weighted by atomic mass is 35.5. The van der Waals surface area contributed by atoms with Crippen molar-refractivity contribution in [3.8, 4) is 0 Å². The maximum absolute atomic E-state index is 12.9. The molecular weight excluding hydrogens is 291 g/mol. The van der Waals surface area contributed by atoms with Crippen molar-refractivity contribution in [2.75, 3.05) is 17.7 Å². The van der Waals surface area contributed by atoms with Gasteiger partial charge in [0.2, 0.25) is 0 Å². The standard InChI is InChI=1S/C13H11ClF3N3/c1-18-11-3-2-4-12(20-11)19-10-6-5-8(14)7-9(10)13(15,16)17/h2-7H,1H3,(H2,18,19,20). The maximum atomic E-state index is 12.9. The SMILES string of the molecule is CNc1cccc(Nc2ccc(Cl)cc2C(F)(F)F)n1. The number of rotatable bonds is 3. The number of hydrogen-bond donors (Lipinski definition) is 2. The van der Waals surface area contributed by atoms with E-state index in [4.69, 9.17) is 11.6 Å². The van der Waals surface area contributed by atoms with Gasteiger partial charge >= 0.3 is 6.18 Å². The largest absolute Gasteiger partial charge is 0.418 e. The molecule has 0 aliphatic rings. The molecule has 0 fully saturated rings. The van der Waals surface area contributed by atoms with Crippen LogP contribution in [-0.4, -0.2) is 12.0 Å². The quantitative estimate of drug-likeness (QED) is 0.874. The van der Waals surface area contributed by atoms with Gasteiger partial charge in [0, 0.05) is 12.1 Å². The first-order valence-corrected chi connectivity index (χ1v) is 6.06. The van der Waals surface area contributed by atoms with Gasteiger partial charge in [-0.05, 0) is 30.3 Å². The predicted octanol–water partition coefficient (Wildman–Crippen LogP) is 4.54. The van der Waals surface area contributed by atoms with Crippen molar-refractivity contribution in [1.29, 1.82) is 0 Å². The zero-order valence-electron chi connectivity index (χ0n) is 10.4. The summed E-state index contributed by atoms with van der Waals surface area (Å²) in [5, 5.41) is 5.49. The van der Waals surface area contributed by atoms with Gasteiger partial charge in [0.1, 0.15) is 11.6 Å². The number of nitrogens with zero attached hydrogens (tertiary/aromatic N) is 1. The lowest BCUT2D eigenvalue weighted by molar-refractivity contribution is -0.136. The molecule has 2 rings (SSSR count). The first-order chi connectivity index (χ1) is 9.40. The lowest BCUT2D eigenvalue weighted by Gasteiger charge is -2.14. The van der Waals surface area contributed by atoms with E-state index in [1.165, 1.54) is 12.1 Å². The second-order valence-corrected chi connectivity index (χ2v) is 4.41. The van der Waals surface area contributed by atoms with E-state index in [9.17, 15) is 13.2 Å². The summed E-state index contributed by atoms with van der Waals surface area (Å²) in [7, 11) is 1.68. The normalized spacial score (nSPS) is 11.2. The Morgan fingerprint density at radius 3 is 2.45 bits per heavy atom. The van der Waals surface area contributed by atoms with Crippen LogP contribution in [-0.2, 0) is 6.18 Å². The minimum atomic E-state index is -4.49. The Morgan fingerprint density at radius 1 is 1.10 bits per heavy atom. The topological polar surface area (TPSA) is 37.0 Å². The lowest BCUT2D eigenvalue weighted by Crippen LogP contribution is -2.09. The fourth-order valence-electron chi connectivity index (χ4n) is 1.64. The third kappa shape index (κ3) is 3.33. The summed E-state index contributed by atoms with van der Waals surface area (Å²) in [5.41, 5.74) is -0.927. The van der Waals surface area contributed by atoms with E-state index in [0.29, 0.717) is 11.6 Å².